The number of benzene rings is 2. The summed E-state index contributed by atoms with van der Waals surface area (Å²) in [6, 6.07) is 13.6. The molecular formula is C20H20BrN3O2. The molecule has 1 saturated carbocycles. The highest BCUT2D eigenvalue weighted by Crippen LogP contribution is 2.40. The van der Waals surface area contributed by atoms with Gasteiger partial charge < -0.3 is 14.6 Å². The number of ether oxygens (including phenoxy) is 1. The van der Waals surface area contributed by atoms with Crippen LogP contribution in [0.5, 0.6) is 5.75 Å². The zero-order valence-electron chi connectivity index (χ0n) is 14.5. The molecule has 4 rings (SSSR count). The van der Waals surface area contributed by atoms with Gasteiger partial charge >= 0.3 is 0 Å². The molecule has 2 aromatic carbocycles. The number of fused-ring (bicyclic) bond motifs is 1. The number of amides is 1. The van der Waals surface area contributed by atoms with E-state index in [0.29, 0.717) is 24.0 Å². The van der Waals surface area contributed by atoms with Gasteiger partial charge in [0.1, 0.15) is 18.1 Å². The molecule has 1 amide bonds. The van der Waals surface area contributed by atoms with Crippen molar-refractivity contribution < 1.29 is 9.53 Å². The minimum Gasteiger partial charge on any atom is -0.492 e. The fraction of sp³-hybridized carbons (Fsp3) is 0.300. The first kappa shape index (κ1) is 17.1. The average molecular weight is 414 g/mol. The monoisotopic (exact) mass is 413 g/mol. The van der Waals surface area contributed by atoms with Crippen LogP contribution in [0.25, 0.3) is 11.0 Å². The lowest BCUT2D eigenvalue weighted by atomic mass is 10.3. The van der Waals surface area contributed by atoms with E-state index in [0.717, 1.165) is 34.2 Å². The van der Waals surface area contributed by atoms with Crippen LogP contribution >= 0.6 is 15.9 Å². The largest absolute Gasteiger partial charge is 0.492 e. The summed E-state index contributed by atoms with van der Waals surface area (Å²) < 4.78 is 8.55. The maximum absolute atomic E-state index is 12.8. The number of halogens is 1. The summed E-state index contributed by atoms with van der Waals surface area (Å²) in [6.45, 7) is 2.71. The molecule has 0 atom stereocenters. The number of hydrogen-bond acceptors (Lipinski definition) is 3. The standard InChI is InChI=1S/C20H20BrN3O2/c1-2-26-18-10-9-14(21)11-16(18)22-19(25)12-24-17-6-4-3-5-15(17)23-20(24)13-7-8-13/h3-6,9-11,13H,2,7-8,12H2,1H3,(H,22,25). The van der Waals surface area contributed by atoms with Crippen LogP contribution in [-0.4, -0.2) is 22.1 Å². The van der Waals surface area contributed by atoms with Crippen molar-refractivity contribution >= 4 is 38.6 Å². The van der Waals surface area contributed by atoms with Crippen molar-refractivity contribution in [3.63, 3.8) is 0 Å². The van der Waals surface area contributed by atoms with Gasteiger partial charge in [-0.1, -0.05) is 28.1 Å². The minimum atomic E-state index is -0.0888. The molecule has 3 aromatic rings. The Labute approximate surface area is 160 Å². The molecule has 6 heteroatoms. The molecule has 0 aliphatic heterocycles. The highest BCUT2D eigenvalue weighted by atomic mass is 79.9. The topological polar surface area (TPSA) is 56.1 Å². The lowest BCUT2D eigenvalue weighted by Gasteiger charge is -2.13. The zero-order chi connectivity index (χ0) is 18.1. The molecule has 1 aromatic heterocycles. The van der Waals surface area contributed by atoms with E-state index in [1.165, 1.54) is 0 Å². The third-order valence-corrected chi connectivity index (χ3v) is 4.94. The highest BCUT2D eigenvalue weighted by molar-refractivity contribution is 9.10. The molecular weight excluding hydrogens is 394 g/mol. The quantitative estimate of drug-likeness (QED) is 0.636. The third kappa shape index (κ3) is 3.46. The zero-order valence-corrected chi connectivity index (χ0v) is 16.1. The first-order valence-electron chi connectivity index (χ1n) is 8.83. The molecule has 0 unspecified atom stereocenters. The first-order chi connectivity index (χ1) is 12.7. The smallest absolute Gasteiger partial charge is 0.244 e. The molecule has 1 N–H and O–H groups in total. The second kappa shape index (κ2) is 7.11. The summed E-state index contributed by atoms with van der Waals surface area (Å²) in [4.78, 5) is 17.5. The van der Waals surface area contributed by atoms with Crippen LogP contribution in [0, 0.1) is 0 Å². The Bertz CT molecular complexity index is 963. The number of imidazole rings is 1. The lowest BCUT2D eigenvalue weighted by Crippen LogP contribution is -2.20. The fourth-order valence-corrected chi connectivity index (χ4v) is 3.49. The summed E-state index contributed by atoms with van der Waals surface area (Å²) in [5, 5.41) is 2.98. The van der Waals surface area contributed by atoms with Crippen molar-refractivity contribution in [1.29, 1.82) is 0 Å². The molecule has 0 radical (unpaired) electrons. The summed E-state index contributed by atoms with van der Waals surface area (Å²) in [5.41, 5.74) is 2.62. The molecule has 0 spiro atoms. The molecule has 1 heterocycles. The van der Waals surface area contributed by atoms with Crippen LogP contribution < -0.4 is 10.1 Å². The maximum atomic E-state index is 12.8. The van der Waals surface area contributed by atoms with Crippen LogP contribution in [0.1, 0.15) is 31.5 Å². The van der Waals surface area contributed by atoms with Crippen molar-refractivity contribution in [3.8, 4) is 5.75 Å². The molecule has 26 heavy (non-hydrogen) atoms. The van der Waals surface area contributed by atoms with Crippen LogP contribution in [0.3, 0.4) is 0 Å². The van der Waals surface area contributed by atoms with Crippen LogP contribution in [0.2, 0.25) is 0 Å². The molecule has 1 aliphatic rings. The summed E-state index contributed by atoms with van der Waals surface area (Å²) in [6.07, 6.45) is 2.29. The van der Waals surface area contributed by atoms with Crippen molar-refractivity contribution in [2.24, 2.45) is 0 Å². The molecule has 134 valence electrons. The maximum Gasteiger partial charge on any atom is 0.244 e. The highest BCUT2D eigenvalue weighted by Gasteiger charge is 2.30. The minimum absolute atomic E-state index is 0.0888. The number of aromatic nitrogens is 2. The van der Waals surface area contributed by atoms with Gasteiger partial charge in [0.2, 0.25) is 5.91 Å². The summed E-state index contributed by atoms with van der Waals surface area (Å²) in [7, 11) is 0. The predicted octanol–water partition coefficient (Wildman–Crippen LogP) is 4.71. The Morgan fingerprint density at radius 2 is 2.12 bits per heavy atom. The Balaban J connectivity index is 1.60. The summed E-state index contributed by atoms with van der Waals surface area (Å²) in [5.74, 6) is 2.07. The van der Waals surface area contributed by atoms with E-state index in [4.69, 9.17) is 9.72 Å². The van der Waals surface area contributed by atoms with Gasteiger partial charge in [-0.3, -0.25) is 4.79 Å². The van der Waals surface area contributed by atoms with E-state index < -0.39 is 0 Å². The van der Waals surface area contributed by atoms with Gasteiger partial charge in [0.15, 0.2) is 0 Å². The van der Waals surface area contributed by atoms with E-state index in [1.54, 1.807) is 0 Å². The van der Waals surface area contributed by atoms with Gasteiger partial charge in [-0.15, -0.1) is 0 Å². The number of rotatable bonds is 6. The second-order valence-electron chi connectivity index (χ2n) is 6.44. The molecule has 5 nitrogen and oxygen atoms in total. The van der Waals surface area contributed by atoms with Gasteiger partial charge in [-0.05, 0) is 50.1 Å². The van der Waals surface area contributed by atoms with Crippen LogP contribution in [0.15, 0.2) is 46.9 Å². The Kier molecular flexibility index (Phi) is 4.68. The van der Waals surface area contributed by atoms with Gasteiger partial charge in [-0.25, -0.2) is 4.98 Å². The fourth-order valence-electron chi connectivity index (χ4n) is 3.13. The first-order valence-corrected chi connectivity index (χ1v) is 9.62. The second-order valence-corrected chi connectivity index (χ2v) is 7.36. The van der Waals surface area contributed by atoms with Crippen molar-refractivity contribution in [2.75, 3.05) is 11.9 Å². The van der Waals surface area contributed by atoms with Crippen molar-refractivity contribution in [1.82, 2.24) is 9.55 Å². The van der Waals surface area contributed by atoms with Crippen molar-refractivity contribution in [2.45, 2.75) is 32.2 Å². The average Bonchev–Trinajstić information content (AvgIpc) is 3.41. The molecule has 0 bridgehead atoms. The number of carbonyl (C=O) groups is 1. The number of nitrogens with one attached hydrogen (secondary N) is 1. The molecule has 1 fully saturated rings. The predicted molar refractivity (Wildman–Crippen MR) is 106 cm³/mol. The number of hydrogen-bond donors (Lipinski definition) is 1. The third-order valence-electron chi connectivity index (χ3n) is 4.44. The van der Waals surface area contributed by atoms with E-state index >= 15 is 0 Å². The van der Waals surface area contributed by atoms with Gasteiger partial charge in [0, 0.05) is 10.4 Å². The Morgan fingerprint density at radius 1 is 1.31 bits per heavy atom. The lowest BCUT2D eigenvalue weighted by molar-refractivity contribution is -0.116. The Morgan fingerprint density at radius 3 is 2.88 bits per heavy atom. The van der Waals surface area contributed by atoms with Crippen LogP contribution in [-0.2, 0) is 11.3 Å². The van der Waals surface area contributed by atoms with Gasteiger partial charge in [0.05, 0.1) is 23.3 Å². The number of nitrogens with zero attached hydrogens (tertiary/aromatic N) is 2. The number of para-hydroxylation sites is 2. The van der Waals surface area contributed by atoms with Crippen molar-refractivity contribution in [3.05, 3.63) is 52.8 Å². The number of carbonyl (C=O) groups excluding carboxylic acids is 1. The van der Waals surface area contributed by atoms with E-state index in [1.807, 2.05) is 54.0 Å². The number of anilines is 1. The normalized spacial score (nSPS) is 13.8. The van der Waals surface area contributed by atoms with E-state index in [9.17, 15) is 4.79 Å². The van der Waals surface area contributed by atoms with Gasteiger partial charge in [0.25, 0.3) is 0 Å². The molecule has 1 aliphatic carbocycles. The van der Waals surface area contributed by atoms with E-state index in [2.05, 4.69) is 21.2 Å². The summed E-state index contributed by atoms with van der Waals surface area (Å²) >= 11 is 3.45. The van der Waals surface area contributed by atoms with Gasteiger partial charge in [-0.2, -0.15) is 0 Å². The molecule has 0 saturated heterocycles. The van der Waals surface area contributed by atoms with Crippen LogP contribution in [0.4, 0.5) is 5.69 Å². The van der Waals surface area contributed by atoms with E-state index in [-0.39, 0.29) is 12.5 Å². The SMILES string of the molecule is CCOc1ccc(Br)cc1NC(=O)Cn1c(C2CC2)nc2ccccc21. The Hall–Kier alpha value is -2.34.